The van der Waals surface area contributed by atoms with Crippen molar-refractivity contribution in [1.29, 1.82) is 0 Å². The Morgan fingerprint density at radius 2 is 1.79 bits per heavy atom. The molecule has 1 unspecified atom stereocenters. The molecule has 0 spiro atoms. The van der Waals surface area contributed by atoms with Crippen molar-refractivity contribution in [2.24, 2.45) is 0 Å². The van der Waals surface area contributed by atoms with E-state index in [4.69, 9.17) is 11.6 Å². The Kier molecular flexibility index (Phi) is 3.27. The molecule has 0 fully saturated rings. The Hall–Kier alpha value is -1.42. The third-order valence-electron chi connectivity index (χ3n) is 3.08. The first-order valence-electron chi connectivity index (χ1n) is 5.76. The van der Waals surface area contributed by atoms with E-state index in [1.807, 2.05) is 29.6 Å². The van der Waals surface area contributed by atoms with Crippen molar-refractivity contribution in [1.82, 2.24) is 0 Å². The van der Waals surface area contributed by atoms with Gasteiger partial charge in [-0.2, -0.15) is 0 Å². The van der Waals surface area contributed by atoms with Crippen molar-refractivity contribution in [3.8, 4) is 0 Å². The van der Waals surface area contributed by atoms with Crippen LogP contribution in [-0.2, 0) is 0 Å². The van der Waals surface area contributed by atoms with Gasteiger partial charge in [0.1, 0.15) is 11.9 Å². The number of hydrogen-bond donors (Lipinski definition) is 1. The van der Waals surface area contributed by atoms with Crippen LogP contribution in [0.2, 0.25) is 5.02 Å². The highest BCUT2D eigenvalue weighted by Gasteiger charge is 2.18. The van der Waals surface area contributed by atoms with Crippen LogP contribution in [0.3, 0.4) is 0 Å². The highest BCUT2D eigenvalue weighted by Crippen LogP contribution is 2.35. The van der Waals surface area contributed by atoms with Gasteiger partial charge in [-0.1, -0.05) is 41.9 Å². The third-order valence-corrected chi connectivity index (χ3v) is 4.46. The summed E-state index contributed by atoms with van der Waals surface area (Å²) in [7, 11) is 0. The van der Waals surface area contributed by atoms with Crippen LogP contribution in [0.5, 0.6) is 0 Å². The van der Waals surface area contributed by atoms with Crippen molar-refractivity contribution < 1.29 is 9.50 Å². The first-order chi connectivity index (χ1) is 9.18. The molecule has 1 N–H and O–H groups in total. The molecular weight excluding hydrogens is 283 g/mol. The highest BCUT2D eigenvalue weighted by molar-refractivity contribution is 7.17. The average molecular weight is 293 g/mol. The summed E-state index contributed by atoms with van der Waals surface area (Å²) in [6.45, 7) is 0. The fourth-order valence-electron chi connectivity index (χ4n) is 2.13. The van der Waals surface area contributed by atoms with E-state index in [1.165, 1.54) is 6.07 Å². The number of aliphatic hydroxyl groups excluding tert-OH is 1. The van der Waals surface area contributed by atoms with Gasteiger partial charge in [-0.3, -0.25) is 0 Å². The topological polar surface area (TPSA) is 20.2 Å². The summed E-state index contributed by atoms with van der Waals surface area (Å²) < 4.78 is 14.5. The summed E-state index contributed by atoms with van der Waals surface area (Å²) in [5, 5.41) is 13.5. The Morgan fingerprint density at radius 1 is 1.05 bits per heavy atom. The van der Waals surface area contributed by atoms with E-state index in [0.717, 1.165) is 15.6 Å². The van der Waals surface area contributed by atoms with E-state index in [2.05, 4.69) is 0 Å². The molecule has 1 heterocycles. The number of rotatable bonds is 2. The fourth-order valence-corrected chi connectivity index (χ4v) is 3.30. The average Bonchev–Trinajstić information content (AvgIpc) is 2.89. The summed E-state index contributed by atoms with van der Waals surface area (Å²) in [4.78, 5) is 0. The van der Waals surface area contributed by atoms with Gasteiger partial charge in [-0.15, -0.1) is 11.3 Å². The maximum Gasteiger partial charge on any atom is 0.142 e. The zero-order valence-electron chi connectivity index (χ0n) is 9.81. The third kappa shape index (κ3) is 2.14. The van der Waals surface area contributed by atoms with Gasteiger partial charge in [-0.25, -0.2) is 4.39 Å². The summed E-state index contributed by atoms with van der Waals surface area (Å²) >= 11 is 7.48. The molecule has 3 rings (SSSR count). The molecule has 1 atom stereocenters. The second kappa shape index (κ2) is 4.93. The molecule has 3 aromatic rings. The van der Waals surface area contributed by atoms with Crippen LogP contribution >= 0.6 is 22.9 Å². The molecule has 1 nitrogen and oxygen atoms in total. The molecule has 4 heteroatoms. The van der Waals surface area contributed by atoms with Gasteiger partial charge in [0.15, 0.2) is 0 Å². The number of fused-ring (bicyclic) bond motifs is 1. The maximum atomic E-state index is 13.5. The lowest BCUT2D eigenvalue weighted by Crippen LogP contribution is -2.01. The molecule has 0 saturated heterocycles. The molecule has 0 aliphatic rings. The lowest BCUT2D eigenvalue weighted by Gasteiger charge is -2.14. The van der Waals surface area contributed by atoms with E-state index in [1.54, 1.807) is 23.5 Å². The van der Waals surface area contributed by atoms with Gasteiger partial charge in [0.25, 0.3) is 0 Å². The molecule has 0 amide bonds. The standard InChI is InChI=1S/C15H10ClFOS/c16-13-10(4-2-6-12(13)17)14(18)11-5-1-3-9-7-8-19-15(9)11/h1-8,14,18H. The quantitative estimate of drug-likeness (QED) is 0.721. The van der Waals surface area contributed by atoms with Gasteiger partial charge in [-0.05, 0) is 22.9 Å². The summed E-state index contributed by atoms with van der Waals surface area (Å²) in [6.07, 6.45) is -0.925. The minimum Gasteiger partial charge on any atom is -0.384 e. The lowest BCUT2D eigenvalue weighted by molar-refractivity contribution is 0.221. The Balaban J connectivity index is 2.16. The molecule has 0 saturated carbocycles. The van der Waals surface area contributed by atoms with Gasteiger partial charge in [0.05, 0.1) is 5.02 Å². The molecule has 96 valence electrons. The fraction of sp³-hybridized carbons (Fsp3) is 0.0667. The second-order valence-electron chi connectivity index (χ2n) is 4.23. The molecule has 0 radical (unpaired) electrons. The van der Waals surface area contributed by atoms with Gasteiger partial charge in [0.2, 0.25) is 0 Å². The predicted molar refractivity (Wildman–Crippen MR) is 77.3 cm³/mol. The van der Waals surface area contributed by atoms with Crippen molar-refractivity contribution >= 4 is 33.0 Å². The van der Waals surface area contributed by atoms with Crippen molar-refractivity contribution in [2.75, 3.05) is 0 Å². The van der Waals surface area contributed by atoms with Crippen LogP contribution in [0, 0.1) is 5.82 Å². The lowest BCUT2D eigenvalue weighted by atomic mass is 10.0. The summed E-state index contributed by atoms with van der Waals surface area (Å²) in [6, 6.07) is 12.2. The number of thiophene rings is 1. The van der Waals surface area contributed by atoms with E-state index in [9.17, 15) is 9.50 Å². The molecule has 19 heavy (non-hydrogen) atoms. The van der Waals surface area contributed by atoms with E-state index in [0.29, 0.717) is 5.56 Å². The van der Waals surface area contributed by atoms with E-state index >= 15 is 0 Å². The first-order valence-corrected chi connectivity index (χ1v) is 7.02. The highest BCUT2D eigenvalue weighted by atomic mass is 35.5. The van der Waals surface area contributed by atoms with E-state index in [-0.39, 0.29) is 5.02 Å². The van der Waals surface area contributed by atoms with Gasteiger partial charge < -0.3 is 5.11 Å². The zero-order chi connectivity index (χ0) is 13.4. The summed E-state index contributed by atoms with van der Waals surface area (Å²) in [5.41, 5.74) is 1.14. The maximum absolute atomic E-state index is 13.5. The smallest absolute Gasteiger partial charge is 0.142 e. The molecule has 1 aromatic heterocycles. The molecule has 0 bridgehead atoms. The van der Waals surface area contributed by atoms with Crippen LogP contribution < -0.4 is 0 Å². The molecule has 0 aliphatic heterocycles. The predicted octanol–water partition coefficient (Wildman–Crippen LogP) is 4.78. The van der Waals surface area contributed by atoms with Crippen LogP contribution in [0.1, 0.15) is 17.2 Å². The number of benzene rings is 2. The largest absolute Gasteiger partial charge is 0.384 e. The minimum atomic E-state index is -0.925. The van der Waals surface area contributed by atoms with Crippen molar-refractivity contribution in [3.63, 3.8) is 0 Å². The second-order valence-corrected chi connectivity index (χ2v) is 5.53. The molecule has 2 aromatic carbocycles. The first kappa shape index (κ1) is 12.6. The molecule has 0 aliphatic carbocycles. The van der Waals surface area contributed by atoms with Gasteiger partial charge in [0, 0.05) is 15.8 Å². The van der Waals surface area contributed by atoms with Crippen molar-refractivity contribution in [3.05, 3.63) is 69.8 Å². The number of aliphatic hydroxyl groups is 1. The van der Waals surface area contributed by atoms with E-state index < -0.39 is 11.9 Å². The van der Waals surface area contributed by atoms with Crippen molar-refractivity contribution in [2.45, 2.75) is 6.10 Å². The monoisotopic (exact) mass is 292 g/mol. The van der Waals surface area contributed by atoms with Crippen LogP contribution in [0.15, 0.2) is 47.8 Å². The normalized spacial score (nSPS) is 12.8. The Labute approximate surface area is 118 Å². The molecular formula is C15H10ClFOS. The van der Waals surface area contributed by atoms with Crippen LogP contribution in [0.4, 0.5) is 4.39 Å². The van der Waals surface area contributed by atoms with Crippen LogP contribution in [0.25, 0.3) is 10.1 Å². The SMILES string of the molecule is OC(c1cccc(F)c1Cl)c1cccc2ccsc12. The zero-order valence-corrected chi connectivity index (χ0v) is 11.4. The number of hydrogen-bond acceptors (Lipinski definition) is 2. The van der Waals surface area contributed by atoms with Crippen LogP contribution in [-0.4, -0.2) is 5.11 Å². The Bertz CT molecular complexity index is 738. The van der Waals surface area contributed by atoms with Gasteiger partial charge >= 0.3 is 0 Å². The Morgan fingerprint density at radius 3 is 2.63 bits per heavy atom. The number of halogens is 2. The minimum absolute atomic E-state index is 0.0245. The summed E-state index contributed by atoms with van der Waals surface area (Å²) in [5.74, 6) is -0.517.